The third-order valence-corrected chi connectivity index (χ3v) is 4.88. The van der Waals surface area contributed by atoms with Crippen molar-refractivity contribution in [1.82, 2.24) is 14.8 Å². The number of amides is 1. The minimum atomic E-state index is 0. The standard InChI is InChI=1S/C20H26ClN3O2.ClH/c1-14(2)11-19(25)24-9-7-23(8-10-24)13-18-15(3)26-20(22-18)16-5-4-6-17(21)12-16;/h4-6,12,14H,7-11,13H2,1-3H3;1H. The molecule has 3 rings (SSSR count). The molecule has 1 amide bonds. The zero-order valence-electron chi connectivity index (χ0n) is 16.1. The number of rotatable bonds is 5. The number of nitrogens with zero attached hydrogens (tertiary/aromatic N) is 3. The van der Waals surface area contributed by atoms with Crippen LogP contribution in [-0.4, -0.2) is 46.9 Å². The Morgan fingerprint density at radius 2 is 1.96 bits per heavy atom. The van der Waals surface area contributed by atoms with Gasteiger partial charge < -0.3 is 9.32 Å². The largest absolute Gasteiger partial charge is 0.441 e. The molecular weight excluding hydrogens is 385 g/mol. The lowest BCUT2D eigenvalue weighted by atomic mass is 10.1. The van der Waals surface area contributed by atoms with Crippen LogP contribution in [0, 0.1) is 12.8 Å². The van der Waals surface area contributed by atoms with E-state index in [0.717, 1.165) is 49.7 Å². The number of benzene rings is 1. The van der Waals surface area contributed by atoms with Crippen molar-refractivity contribution in [3.8, 4) is 11.5 Å². The smallest absolute Gasteiger partial charge is 0.226 e. The highest BCUT2D eigenvalue weighted by atomic mass is 35.5. The average molecular weight is 412 g/mol. The van der Waals surface area contributed by atoms with Gasteiger partial charge in [0.05, 0.1) is 5.69 Å². The minimum absolute atomic E-state index is 0. The molecule has 1 saturated heterocycles. The summed E-state index contributed by atoms with van der Waals surface area (Å²) < 4.78 is 5.84. The van der Waals surface area contributed by atoms with E-state index in [1.807, 2.05) is 36.1 Å². The van der Waals surface area contributed by atoms with Crippen LogP contribution in [0.25, 0.3) is 11.5 Å². The molecule has 148 valence electrons. The number of carbonyl (C=O) groups is 1. The summed E-state index contributed by atoms with van der Waals surface area (Å²) in [5.74, 6) is 2.10. The molecule has 27 heavy (non-hydrogen) atoms. The van der Waals surface area contributed by atoms with Crippen LogP contribution < -0.4 is 0 Å². The molecule has 1 fully saturated rings. The van der Waals surface area contributed by atoms with Crippen LogP contribution in [0.1, 0.15) is 31.7 Å². The van der Waals surface area contributed by atoms with Gasteiger partial charge in [-0.15, -0.1) is 12.4 Å². The number of carbonyl (C=O) groups excluding carboxylic acids is 1. The average Bonchev–Trinajstić information content (AvgIpc) is 2.96. The Morgan fingerprint density at radius 3 is 2.59 bits per heavy atom. The molecule has 0 spiro atoms. The van der Waals surface area contributed by atoms with E-state index in [-0.39, 0.29) is 18.3 Å². The maximum atomic E-state index is 12.2. The summed E-state index contributed by atoms with van der Waals surface area (Å²) in [6, 6.07) is 7.53. The molecule has 7 heteroatoms. The van der Waals surface area contributed by atoms with E-state index in [2.05, 4.69) is 23.7 Å². The van der Waals surface area contributed by atoms with Crippen LogP contribution >= 0.6 is 24.0 Å². The molecule has 0 bridgehead atoms. The Morgan fingerprint density at radius 1 is 1.26 bits per heavy atom. The van der Waals surface area contributed by atoms with E-state index < -0.39 is 0 Å². The van der Waals surface area contributed by atoms with Crippen molar-refractivity contribution in [2.24, 2.45) is 5.92 Å². The van der Waals surface area contributed by atoms with Gasteiger partial charge in [0.25, 0.3) is 0 Å². The number of halogens is 2. The lowest BCUT2D eigenvalue weighted by Crippen LogP contribution is -2.48. The van der Waals surface area contributed by atoms with Crippen LogP contribution in [0.15, 0.2) is 28.7 Å². The zero-order chi connectivity index (χ0) is 18.7. The van der Waals surface area contributed by atoms with Gasteiger partial charge in [0.1, 0.15) is 5.76 Å². The highest BCUT2D eigenvalue weighted by Gasteiger charge is 2.23. The van der Waals surface area contributed by atoms with Crippen LogP contribution in [-0.2, 0) is 11.3 Å². The Bertz CT molecular complexity index is 768. The molecule has 0 atom stereocenters. The number of piperazine rings is 1. The molecule has 0 aliphatic carbocycles. The van der Waals surface area contributed by atoms with Crippen molar-refractivity contribution in [2.75, 3.05) is 26.2 Å². The summed E-state index contributed by atoms with van der Waals surface area (Å²) >= 11 is 6.06. The van der Waals surface area contributed by atoms with E-state index >= 15 is 0 Å². The number of hydrogen-bond donors (Lipinski definition) is 0. The second kappa shape index (κ2) is 9.58. The summed E-state index contributed by atoms with van der Waals surface area (Å²) in [5.41, 5.74) is 1.83. The summed E-state index contributed by atoms with van der Waals surface area (Å²) in [4.78, 5) is 21.1. The maximum Gasteiger partial charge on any atom is 0.226 e. The zero-order valence-corrected chi connectivity index (χ0v) is 17.6. The van der Waals surface area contributed by atoms with E-state index in [4.69, 9.17) is 16.0 Å². The van der Waals surface area contributed by atoms with Crippen LogP contribution in [0.4, 0.5) is 0 Å². The molecule has 1 aromatic heterocycles. The first kappa shape index (κ1) is 21.7. The predicted molar refractivity (Wildman–Crippen MR) is 110 cm³/mol. The van der Waals surface area contributed by atoms with Gasteiger partial charge in [0.2, 0.25) is 11.8 Å². The van der Waals surface area contributed by atoms with Crippen LogP contribution in [0.2, 0.25) is 5.02 Å². The topological polar surface area (TPSA) is 49.6 Å². The highest BCUT2D eigenvalue weighted by Crippen LogP contribution is 2.25. The van der Waals surface area contributed by atoms with E-state index in [1.54, 1.807) is 0 Å². The molecule has 2 aromatic rings. The van der Waals surface area contributed by atoms with Crippen molar-refractivity contribution in [3.63, 3.8) is 0 Å². The third kappa shape index (κ3) is 5.71. The van der Waals surface area contributed by atoms with E-state index in [1.165, 1.54) is 0 Å². The first-order valence-electron chi connectivity index (χ1n) is 9.14. The SMILES string of the molecule is Cc1oc(-c2cccc(Cl)c2)nc1CN1CCN(C(=O)CC(C)C)CC1.Cl. The maximum absolute atomic E-state index is 12.2. The lowest BCUT2D eigenvalue weighted by Gasteiger charge is -2.34. The first-order valence-corrected chi connectivity index (χ1v) is 9.52. The number of hydrogen-bond acceptors (Lipinski definition) is 4. The van der Waals surface area contributed by atoms with Gasteiger partial charge in [-0.3, -0.25) is 9.69 Å². The Labute approximate surface area is 172 Å². The highest BCUT2D eigenvalue weighted by molar-refractivity contribution is 6.30. The van der Waals surface area contributed by atoms with Gasteiger partial charge in [-0.2, -0.15) is 0 Å². The fourth-order valence-electron chi connectivity index (χ4n) is 3.17. The fraction of sp³-hybridized carbons (Fsp3) is 0.500. The van der Waals surface area contributed by atoms with Crippen molar-refractivity contribution >= 4 is 29.9 Å². The second-order valence-electron chi connectivity index (χ2n) is 7.29. The van der Waals surface area contributed by atoms with E-state index in [0.29, 0.717) is 23.3 Å². The molecule has 0 N–H and O–H groups in total. The Hall–Kier alpha value is -1.56. The fourth-order valence-corrected chi connectivity index (χ4v) is 3.36. The molecule has 2 heterocycles. The number of oxazole rings is 1. The summed E-state index contributed by atoms with van der Waals surface area (Å²) in [5, 5.41) is 0.669. The summed E-state index contributed by atoms with van der Waals surface area (Å²) in [7, 11) is 0. The van der Waals surface area contributed by atoms with Gasteiger partial charge in [-0.1, -0.05) is 31.5 Å². The summed E-state index contributed by atoms with van der Waals surface area (Å²) in [6.07, 6.45) is 0.630. The van der Waals surface area contributed by atoms with Crippen molar-refractivity contribution in [3.05, 3.63) is 40.7 Å². The van der Waals surface area contributed by atoms with Crippen molar-refractivity contribution < 1.29 is 9.21 Å². The monoisotopic (exact) mass is 411 g/mol. The predicted octanol–water partition coefficient (Wildman–Crippen LogP) is 4.42. The van der Waals surface area contributed by atoms with Gasteiger partial charge in [0, 0.05) is 49.7 Å². The minimum Gasteiger partial charge on any atom is -0.441 e. The second-order valence-corrected chi connectivity index (χ2v) is 7.72. The Balaban J connectivity index is 0.00000261. The molecular formula is C20H27Cl2N3O2. The van der Waals surface area contributed by atoms with Gasteiger partial charge in [0.15, 0.2) is 0 Å². The molecule has 1 aliphatic heterocycles. The quantitative estimate of drug-likeness (QED) is 0.730. The van der Waals surface area contributed by atoms with Crippen molar-refractivity contribution in [1.29, 1.82) is 0 Å². The lowest BCUT2D eigenvalue weighted by molar-refractivity contribution is -0.133. The molecule has 0 unspecified atom stereocenters. The van der Waals surface area contributed by atoms with Gasteiger partial charge in [-0.05, 0) is 31.0 Å². The first-order chi connectivity index (χ1) is 12.4. The van der Waals surface area contributed by atoms with Gasteiger partial charge >= 0.3 is 0 Å². The van der Waals surface area contributed by atoms with Gasteiger partial charge in [-0.25, -0.2) is 4.98 Å². The molecule has 5 nitrogen and oxygen atoms in total. The Kier molecular flexibility index (Phi) is 7.71. The molecule has 0 saturated carbocycles. The summed E-state index contributed by atoms with van der Waals surface area (Å²) in [6.45, 7) is 10.1. The molecule has 1 aromatic carbocycles. The number of aryl methyl sites for hydroxylation is 1. The molecule has 0 radical (unpaired) electrons. The van der Waals surface area contributed by atoms with Crippen LogP contribution in [0.5, 0.6) is 0 Å². The third-order valence-electron chi connectivity index (χ3n) is 4.65. The van der Waals surface area contributed by atoms with Crippen LogP contribution in [0.3, 0.4) is 0 Å². The number of aromatic nitrogens is 1. The van der Waals surface area contributed by atoms with E-state index in [9.17, 15) is 4.79 Å². The molecule has 1 aliphatic rings. The normalized spacial score (nSPS) is 15.1. The van der Waals surface area contributed by atoms with Crippen molar-refractivity contribution in [2.45, 2.75) is 33.7 Å².